The predicted molar refractivity (Wildman–Crippen MR) is 154 cm³/mol. The van der Waals surface area contributed by atoms with Crippen LogP contribution in [0.3, 0.4) is 0 Å². The van der Waals surface area contributed by atoms with Crippen molar-refractivity contribution in [3.05, 3.63) is 94.8 Å². The van der Waals surface area contributed by atoms with Crippen LogP contribution in [0.25, 0.3) is 0 Å². The molecule has 11 heteroatoms. The van der Waals surface area contributed by atoms with Crippen molar-refractivity contribution in [1.29, 1.82) is 0 Å². The molecule has 2 amide bonds. The summed E-state index contributed by atoms with van der Waals surface area (Å²) in [5.74, 6) is -1.35. The number of amides is 2. The predicted octanol–water partition coefficient (Wildman–Crippen LogP) is 4.42. The Morgan fingerprint density at radius 2 is 1.68 bits per heavy atom. The lowest BCUT2D eigenvalue weighted by atomic mass is 10.0. The van der Waals surface area contributed by atoms with E-state index in [9.17, 15) is 22.4 Å². The van der Waals surface area contributed by atoms with Gasteiger partial charge in [0.1, 0.15) is 24.2 Å². The fourth-order valence-corrected chi connectivity index (χ4v) is 5.26. The first-order chi connectivity index (χ1) is 18.9. The van der Waals surface area contributed by atoms with Crippen LogP contribution in [0.2, 0.25) is 5.02 Å². The molecule has 1 N–H and O–H groups in total. The zero-order valence-electron chi connectivity index (χ0n) is 22.8. The topological polar surface area (TPSA) is 96.0 Å². The maximum Gasteiger partial charge on any atom is 0.244 e. The highest BCUT2D eigenvalue weighted by Crippen LogP contribution is 2.30. The van der Waals surface area contributed by atoms with Crippen LogP contribution in [-0.4, -0.2) is 57.1 Å². The number of rotatable bonds is 12. The lowest BCUT2D eigenvalue weighted by Gasteiger charge is -2.34. The van der Waals surface area contributed by atoms with Crippen molar-refractivity contribution in [3.8, 4) is 5.75 Å². The minimum Gasteiger partial charge on any atom is -0.495 e. The highest BCUT2D eigenvalue weighted by Gasteiger charge is 2.33. The van der Waals surface area contributed by atoms with E-state index in [1.807, 2.05) is 30.3 Å². The van der Waals surface area contributed by atoms with Gasteiger partial charge >= 0.3 is 0 Å². The van der Waals surface area contributed by atoms with Gasteiger partial charge in [-0.25, -0.2) is 12.8 Å². The molecule has 3 aromatic carbocycles. The molecule has 0 saturated heterocycles. The Balaban J connectivity index is 2.07. The number of carbonyl (C=O) groups is 2. The molecule has 0 aliphatic heterocycles. The first kappa shape index (κ1) is 30.9. The SMILES string of the molecule is COc1ccc(N(CC(=O)N(Cc2ccccc2F)C(Cc2ccccc2)C(=O)NC(C)C)S(C)(=O)=O)cc1Cl. The number of nitrogens with zero attached hydrogens (tertiary/aromatic N) is 2. The van der Waals surface area contributed by atoms with E-state index in [-0.39, 0.29) is 35.3 Å². The molecule has 0 aliphatic rings. The van der Waals surface area contributed by atoms with E-state index in [0.29, 0.717) is 5.75 Å². The molecule has 3 aromatic rings. The summed E-state index contributed by atoms with van der Waals surface area (Å²) < 4.78 is 46.5. The monoisotopic (exact) mass is 589 g/mol. The van der Waals surface area contributed by atoms with Crippen LogP contribution in [0.4, 0.5) is 10.1 Å². The van der Waals surface area contributed by atoms with Gasteiger partial charge in [0.05, 0.1) is 24.1 Å². The van der Waals surface area contributed by atoms with Crippen molar-refractivity contribution >= 4 is 39.1 Å². The summed E-state index contributed by atoms with van der Waals surface area (Å²) in [6, 6.07) is 18.1. The molecule has 0 aromatic heterocycles. The number of sulfonamides is 1. The van der Waals surface area contributed by atoms with E-state index in [1.165, 1.54) is 48.4 Å². The van der Waals surface area contributed by atoms with Gasteiger partial charge in [-0.3, -0.25) is 13.9 Å². The van der Waals surface area contributed by atoms with Crippen molar-refractivity contribution in [2.75, 3.05) is 24.2 Å². The van der Waals surface area contributed by atoms with E-state index in [2.05, 4.69) is 5.32 Å². The molecule has 0 bridgehead atoms. The Hall–Kier alpha value is -3.63. The summed E-state index contributed by atoms with van der Waals surface area (Å²) in [4.78, 5) is 28.7. The fourth-order valence-electron chi connectivity index (χ4n) is 4.17. The van der Waals surface area contributed by atoms with Gasteiger partial charge in [-0.05, 0) is 43.7 Å². The molecule has 3 rings (SSSR count). The van der Waals surface area contributed by atoms with Crippen LogP contribution in [0.5, 0.6) is 5.75 Å². The molecule has 1 atom stereocenters. The van der Waals surface area contributed by atoms with Gasteiger partial charge in [-0.1, -0.05) is 60.1 Å². The first-order valence-electron chi connectivity index (χ1n) is 12.6. The van der Waals surface area contributed by atoms with E-state index < -0.39 is 40.2 Å². The second kappa shape index (κ2) is 13.6. The Morgan fingerprint density at radius 3 is 2.25 bits per heavy atom. The second-order valence-corrected chi connectivity index (χ2v) is 11.9. The van der Waals surface area contributed by atoms with Crippen LogP contribution < -0.4 is 14.4 Å². The summed E-state index contributed by atoms with van der Waals surface area (Å²) in [7, 11) is -2.55. The third kappa shape index (κ3) is 8.19. The molecule has 40 heavy (non-hydrogen) atoms. The number of hydrogen-bond acceptors (Lipinski definition) is 5. The molecular weight excluding hydrogens is 557 g/mol. The third-order valence-electron chi connectivity index (χ3n) is 6.10. The molecule has 214 valence electrons. The summed E-state index contributed by atoms with van der Waals surface area (Å²) >= 11 is 6.24. The minimum atomic E-state index is -3.98. The largest absolute Gasteiger partial charge is 0.495 e. The van der Waals surface area contributed by atoms with Gasteiger partial charge in [0.15, 0.2) is 0 Å². The smallest absolute Gasteiger partial charge is 0.244 e. The van der Waals surface area contributed by atoms with Gasteiger partial charge in [0.2, 0.25) is 21.8 Å². The zero-order valence-corrected chi connectivity index (χ0v) is 24.4. The number of halogens is 2. The maximum absolute atomic E-state index is 14.8. The average molecular weight is 590 g/mol. The number of ether oxygens (including phenoxy) is 1. The van der Waals surface area contributed by atoms with Gasteiger partial charge in [0.25, 0.3) is 0 Å². The number of benzene rings is 3. The number of anilines is 1. The van der Waals surface area contributed by atoms with E-state index >= 15 is 0 Å². The Kier molecular flexibility index (Phi) is 10.5. The van der Waals surface area contributed by atoms with Crippen molar-refractivity contribution < 1.29 is 27.1 Å². The van der Waals surface area contributed by atoms with Crippen LogP contribution in [0.15, 0.2) is 72.8 Å². The Morgan fingerprint density at radius 1 is 1.02 bits per heavy atom. The number of methoxy groups -OCH3 is 1. The molecule has 1 unspecified atom stereocenters. The molecule has 0 heterocycles. The van der Waals surface area contributed by atoms with E-state index in [0.717, 1.165) is 16.1 Å². The van der Waals surface area contributed by atoms with Crippen LogP contribution in [0.1, 0.15) is 25.0 Å². The fraction of sp³-hybridized carbons (Fsp3) is 0.310. The van der Waals surface area contributed by atoms with Crippen molar-refractivity contribution in [1.82, 2.24) is 10.2 Å². The molecule has 0 spiro atoms. The van der Waals surface area contributed by atoms with Crippen LogP contribution in [-0.2, 0) is 32.6 Å². The Labute approximate surface area is 239 Å². The van der Waals surface area contributed by atoms with Gasteiger partial charge < -0.3 is 15.0 Å². The zero-order chi connectivity index (χ0) is 29.4. The molecule has 8 nitrogen and oxygen atoms in total. The molecule has 0 saturated carbocycles. The third-order valence-corrected chi connectivity index (χ3v) is 7.54. The van der Waals surface area contributed by atoms with Crippen molar-refractivity contribution in [2.24, 2.45) is 0 Å². The maximum atomic E-state index is 14.8. The van der Waals surface area contributed by atoms with Crippen LogP contribution in [0, 0.1) is 5.82 Å². The van der Waals surface area contributed by atoms with Gasteiger partial charge in [-0.15, -0.1) is 0 Å². The summed E-state index contributed by atoms with van der Waals surface area (Å²) in [6.07, 6.45) is 1.10. The summed E-state index contributed by atoms with van der Waals surface area (Å²) in [6.45, 7) is 2.68. The molecular formula is C29H33ClFN3O5S. The molecule has 0 radical (unpaired) electrons. The van der Waals surface area contributed by atoms with Gasteiger partial charge in [0, 0.05) is 24.6 Å². The highest BCUT2D eigenvalue weighted by molar-refractivity contribution is 7.92. The minimum absolute atomic E-state index is 0.132. The average Bonchev–Trinajstić information content (AvgIpc) is 2.89. The summed E-state index contributed by atoms with van der Waals surface area (Å²) in [5, 5.41) is 3.00. The van der Waals surface area contributed by atoms with E-state index in [1.54, 1.807) is 19.9 Å². The number of hydrogen-bond donors (Lipinski definition) is 1. The Bertz CT molecular complexity index is 1440. The van der Waals surface area contributed by atoms with Crippen molar-refractivity contribution in [2.45, 2.75) is 38.9 Å². The van der Waals surface area contributed by atoms with Gasteiger partial charge in [-0.2, -0.15) is 0 Å². The number of carbonyl (C=O) groups excluding carboxylic acids is 2. The molecule has 0 aliphatic carbocycles. The quantitative estimate of drug-likeness (QED) is 0.337. The number of nitrogens with one attached hydrogen (secondary N) is 1. The first-order valence-corrected chi connectivity index (χ1v) is 14.8. The summed E-state index contributed by atoms with van der Waals surface area (Å²) in [5.41, 5.74) is 1.10. The highest BCUT2D eigenvalue weighted by atomic mass is 35.5. The molecule has 0 fully saturated rings. The van der Waals surface area contributed by atoms with E-state index in [4.69, 9.17) is 16.3 Å². The van der Waals surface area contributed by atoms with Crippen LogP contribution >= 0.6 is 11.6 Å². The normalized spacial score (nSPS) is 12.1. The second-order valence-electron chi connectivity index (χ2n) is 9.57. The standard InChI is InChI=1S/C29H33ClFN3O5S/c1-20(2)32-29(36)26(16-21-10-6-5-7-11-21)33(18-22-12-8-9-13-25(22)31)28(35)19-34(40(4,37)38)23-14-15-27(39-3)24(30)17-23/h5-15,17,20,26H,16,18-19H2,1-4H3,(H,32,36). The lowest BCUT2D eigenvalue weighted by Crippen LogP contribution is -2.54. The lowest BCUT2D eigenvalue weighted by molar-refractivity contribution is -0.140. The van der Waals surface area contributed by atoms with Crippen molar-refractivity contribution in [3.63, 3.8) is 0 Å².